The van der Waals surface area contributed by atoms with Crippen molar-refractivity contribution < 1.29 is 4.74 Å². The molecule has 0 aliphatic carbocycles. The third-order valence-electron chi connectivity index (χ3n) is 1.90. The van der Waals surface area contributed by atoms with E-state index in [1.54, 1.807) is 7.11 Å². The predicted molar refractivity (Wildman–Crippen MR) is 64.0 cm³/mol. The van der Waals surface area contributed by atoms with E-state index >= 15 is 0 Å². The van der Waals surface area contributed by atoms with Gasteiger partial charge in [-0.1, -0.05) is 6.08 Å². The number of rotatable bonds is 4. The van der Waals surface area contributed by atoms with Crippen molar-refractivity contribution in [3.8, 4) is 5.75 Å². The summed E-state index contributed by atoms with van der Waals surface area (Å²) in [4.78, 5) is 0. The lowest BCUT2D eigenvalue weighted by atomic mass is 10.2. The Morgan fingerprint density at radius 3 is 2.86 bits per heavy atom. The topological polar surface area (TPSA) is 21.3 Å². The van der Waals surface area contributed by atoms with Gasteiger partial charge in [-0.15, -0.1) is 6.58 Å². The fraction of sp³-hybridized carbons (Fsp3) is 0.273. The van der Waals surface area contributed by atoms with Gasteiger partial charge in [-0.3, -0.25) is 0 Å². The molecule has 0 heterocycles. The van der Waals surface area contributed by atoms with Crippen molar-refractivity contribution in [2.24, 2.45) is 0 Å². The lowest BCUT2D eigenvalue weighted by Gasteiger charge is -2.12. The van der Waals surface area contributed by atoms with Crippen molar-refractivity contribution in [3.05, 3.63) is 35.3 Å². The van der Waals surface area contributed by atoms with Gasteiger partial charge in [0.1, 0.15) is 5.75 Å². The van der Waals surface area contributed by atoms with E-state index < -0.39 is 0 Å². The monoisotopic (exact) mass is 255 g/mol. The van der Waals surface area contributed by atoms with Gasteiger partial charge in [0.2, 0.25) is 0 Å². The fourth-order valence-corrected chi connectivity index (χ4v) is 1.48. The molecule has 0 radical (unpaired) electrons. The van der Waals surface area contributed by atoms with E-state index in [-0.39, 0.29) is 6.04 Å². The van der Waals surface area contributed by atoms with E-state index in [1.165, 1.54) is 0 Å². The van der Waals surface area contributed by atoms with Crippen LogP contribution in [0.15, 0.2) is 35.3 Å². The third kappa shape index (κ3) is 2.77. The summed E-state index contributed by atoms with van der Waals surface area (Å²) in [5.41, 5.74) is 1.03. The van der Waals surface area contributed by atoms with E-state index in [0.717, 1.165) is 15.9 Å². The Hall–Kier alpha value is -0.960. The minimum atomic E-state index is 0.251. The summed E-state index contributed by atoms with van der Waals surface area (Å²) < 4.78 is 6.14. The van der Waals surface area contributed by atoms with Gasteiger partial charge < -0.3 is 10.1 Å². The Balaban J connectivity index is 2.84. The Morgan fingerprint density at radius 2 is 2.29 bits per heavy atom. The molecule has 1 aromatic carbocycles. The van der Waals surface area contributed by atoms with E-state index in [0.29, 0.717) is 0 Å². The first kappa shape index (κ1) is 11.1. The molecule has 0 spiro atoms. The van der Waals surface area contributed by atoms with Crippen LogP contribution in [0.25, 0.3) is 0 Å². The molecule has 1 atom stereocenters. The highest BCUT2D eigenvalue weighted by Gasteiger charge is 2.02. The molecule has 2 nitrogen and oxygen atoms in total. The van der Waals surface area contributed by atoms with Crippen LogP contribution < -0.4 is 10.1 Å². The lowest BCUT2D eigenvalue weighted by Crippen LogP contribution is -2.11. The highest BCUT2D eigenvalue weighted by atomic mass is 79.9. The van der Waals surface area contributed by atoms with Gasteiger partial charge in [0.05, 0.1) is 11.6 Å². The first-order valence-corrected chi connectivity index (χ1v) is 5.19. The summed E-state index contributed by atoms with van der Waals surface area (Å²) >= 11 is 3.40. The second kappa shape index (κ2) is 5.05. The summed E-state index contributed by atoms with van der Waals surface area (Å²) in [6.07, 6.45) is 1.86. The molecule has 1 unspecified atom stereocenters. The van der Waals surface area contributed by atoms with Gasteiger partial charge in [0, 0.05) is 17.8 Å². The predicted octanol–water partition coefficient (Wildman–Crippen LogP) is 3.44. The maximum Gasteiger partial charge on any atom is 0.135 e. The molecule has 0 amide bonds. The summed E-state index contributed by atoms with van der Waals surface area (Å²) in [7, 11) is 1.65. The average Bonchev–Trinajstić information content (AvgIpc) is 2.20. The maximum absolute atomic E-state index is 5.19. The van der Waals surface area contributed by atoms with E-state index in [1.807, 2.05) is 31.2 Å². The first-order valence-electron chi connectivity index (χ1n) is 4.40. The van der Waals surface area contributed by atoms with Crippen molar-refractivity contribution in [2.75, 3.05) is 12.4 Å². The Kier molecular flexibility index (Phi) is 4.01. The largest absolute Gasteiger partial charge is 0.495 e. The number of nitrogens with one attached hydrogen (secondary N) is 1. The molecule has 1 aromatic rings. The quantitative estimate of drug-likeness (QED) is 0.833. The molecular formula is C11H14BrNO. The molecule has 0 saturated heterocycles. The van der Waals surface area contributed by atoms with E-state index in [4.69, 9.17) is 4.74 Å². The van der Waals surface area contributed by atoms with Gasteiger partial charge in [0.15, 0.2) is 0 Å². The number of ether oxygens (including phenoxy) is 1. The summed E-state index contributed by atoms with van der Waals surface area (Å²) in [5.74, 6) is 0.825. The lowest BCUT2D eigenvalue weighted by molar-refractivity contribution is 0.412. The van der Waals surface area contributed by atoms with Crippen molar-refractivity contribution in [2.45, 2.75) is 13.0 Å². The Labute approximate surface area is 93.1 Å². The summed E-state index contributed by atoms with van der Waals surface area (Å²) in [5, 5.41) is 3.27. The molecule has 14 heavy (non-hydrogen) atoms. The van der Waals surface area contributed by atoms with Gasteiger partial charge in [-0.05, 0) is 35.0 Å². The van der Waals surface area contributed by atoms with Crippen molar-refractivity contribution in [3.63, 3.8) is 0 Å². The highest BCUT2D eigenvalue weighted by molar-refractivity contribution is 9.10. The fourth-order valence-electron chi connectivity index (χ4n) is 1.07. The third-order valence-corrected chi connectivity index (χ3v) is 2.55. The molecule has 0 aliphatic rings. The van der Waals surface area contributed by atoms with Crippen LogP contribution in [-0.4, -0.2) is 13.2 Å². The second-order valence-corrected chi connectivity index (χ2v) is 3.87. The van der Waals surface area contributed by atoms with Crippen LogP contribution in [0.3, 0.4) is 0 Å². The van der Waals surface area contributed by atoms with Crippen LogP contribution in [0.2, 0.25) is 0 Å². The molecule has 0 saturated carbocycles. The smallest absolute Gasteiger partial charge is 0.135 e. The number of halogens is 1. The van der Waals surface area contributed by atoms with E-state index in [9.17, 15) is 0 Å². The molecule has 0 fully saturated rings. The molecule has 1 rings (SSSR count). The average molecular weight is 256 g/mol. The normalized spacial score (nSPS) is 11.9. The molecule has 0 aliphatic heterocycles. The van der Waals surface area contributed by atoms with Crippen LogP contribution in [0, 0.1) is 0 Å². The molecule has 1 N–H and O–H groups in total. The van der Waals surface area contributed by atoms with Gasteiger partial charge in [-0.25, -0.2) is 0 Å². The molecular weight excluding hydrogens is 242 g/mol. The molecule has 0 bridgehead atoms. The summed E-state index contributed by atoms with van der Waals surface area (Å²) in [6.45, 7) is 5.76. The molecule has 0 aromatic heterocycles. The van der Waals surface area contributed by atoms with Crippen LogP contribution in [-0.2, 0) is 0 Å². The maximum atomic E-state index is 5.19. The summed E-state index contributed by atoms with van der Waals surface area (Å²) in [6, 6.07) is 6.15. The van der Waals surface area contributed by atoms with Crippen molar-refractivity contribution >= 4 is 21.6 Å². The standard InChI is InChI=1S/C11H14BrNO/c1-4-8(2)13-9-5-6-10(12)11(7-9)14-3/h4-8,13H,1H2,2-3H3. The number of hydrogen-bond acceptors (Lipinski definition) is 2. The minimum absolute atomic E-state index is 0.251. The van der Waals surface area contributed by atoms with Crippen molar-refractivity contribution in [1.82, 2.24) is 0 Å². The Bertz CT molecular complexity index is 325. The van der Waals surface area contributed by atoms with Gasteiger partial charge in [-0.2, -0.15) is 0 Å². The zero-order chi connectivity index (χ0) is 10.6. The van der Waals surface area contributed by atoms with Gasteiger partial charge >= 0.3 is 0 Å². The number of anilines is 1. The minimum Gasteiger partial charge on any atom is -0.495 e. The molecule has 3 heteroatoms. The van der Waals surface area contributed by atoms with Gasteiger partial charge in [0.25, 0.3) is 0 Å². The van der Waals surface area contributed by atoms with Crippen LogP contribution in [0.1, 0.15) is 6.92 Å². The SMILES string of the molecule is C=CC(C)Nc1ccc(Br)c(OC)c1. The second-order valence-electron chi connectivity index (χ2n) is 3.02. The Morgan fingerprint density at radius 1 is 1.57 bits per heavy atom. The zero-order valence-electron chi connectivity index (χ0n) is 8.38. The molecule has 76 valence electrons. The zero-order valence-corrected chi connectivity index (χ0v) is 9.97. The van der Waals surface area contributed by atoms with Crippen molar-refractivity contribution in [1.29, 1.82) is 0 Å². The van der Waals surface area contributed by atoms with Crippen LogP contribution in [0.5, 0.6) is 5.75 Å². The number of benzene rings is 1. The number of hydrogen-bond donors (Lipinski definition) is 1. The van der Waals surface area contributed by atoms with Crippen LogP contribution in [0.4, 0.5) is 5.69 Å². The first-order chi connectivity index (χ1) is 6.67. The van der Waals surface area contributed by atoms with Crippen LogP contribution >= 0.6 is 15.9 Å². The van der Waals surface area contributed by atoms with E-state index in [2.05, 4.69) is 27.8 Å². The highest BCUT2D eigenvalue weighted by Crippen LogP contribution is 2.28. The number of methoxy groups -OCH3 is 1.